The molecule has 0 saturated carbocycles. The van der Waals surface area contributed by atoms with Crippen LogP contribution in [0.5, 0.6) is 0 Å². The highest BCUT2D eigenvalue weighted by Crippen LogP contribution is 2.19. The van der Waals surface area contributed by atoms with Crippen LogP contribution in [-0.2, 0) is 6.61 Å². The third-order valence-corrected chi connectivity index (χ3v) is 2.42. The van der Waals surface area contributed by atoms with Gasteiger partial charge < -0.3 is 10.8 Å². The second-order valence-electron chi connectivity index (χ2n) is 3.27. The van der Waals surface area contributed by atoms with Gasteiger partial charge in [0.15, 0.2) is 5.82 Å². The normalized spacial score (nSPS) is 10.4. The number of nitrogens with two attached hydrogens (primary N) is 1. The molecule has 0 spiro atoms. The Balaban J connectivity index is 2.41. The van der Waals surface area contributed by atoms with Crippen LogP contribution in [-0.4, -0.2) is 15.1 Å². The number of aliphatic hydroxyl groups is 1. The van der Waals surface area contributed by atoms with Crippen LogP contribution in [0.2, 0.25) is 5.02 Å². The molecule has 0 unspecified atom stereocenters. The lowest BCUT2D eigenvalue weighted by atomic mass is 10.2. The largest absolute Gasteiger partial charge is 0.391 e. The third-order valence-electron chi connectivity index (χ3n) is 2.17. The molecule has 2 rings (SSSR count). The summed E-state index contributed by atoms with van der Waals surface area (Å²) in [5, 5.41) is 9.60. The second kappa shape index (κ2) is 4.47. The van der Waals surface area contributed by atoms with E-state index in [2.05, 4.69) is 9.97 Å². The van der Waals surface area contributed by atoms with Gasteiger partial charge in [0.25, 0.3) is 0 Å². The van der Waals surface area contributed by atoms with E-state index in [0.717, 1.165) is 5.56 Å². The van der Waals surface area contributed by atoms with E-state index < -0.39 is 0 Å². The summed E-state index contributed by atoms with van der Waals surface area (Å²) in [5.74, 6) is 0.814. The van der Waals surface area contributed by atoms with Gasteiger partial charge in [0.2, 0.25) is 0 Å². The molecule has 1 aromatic heterocycles. The molecule has 2 aromatic rings. The van der Waals surface area contributed by atoms with E-state index in [-0.39, 0.29) is 6.61 Å². The smallest absolute Gasteiger partial charge is 0.161 e. The lowest BCUT2D eigenvalue weighted by Crippen LogP contribution is -2.01. The highest BCUT2D eigenvalue weighted by molar-refractivity contribution is 6.30. The van der Waals surface area contributed by atoms with Gasteiger partial charge in [-0.2, -0.15) is 0 Å². The number of nitrogen functional groups attached to an aromatic ring is 1. The molecule has 82 valence electrons. The van der Waals surface area contributed by atoms with E-state index in [0.29, 0.717) is 22.2 Å². The van der Waals surface area contributed by atoms with Crippen molar-refractivity contribution in [1.29, 1.82) is 0 Å². The minimum absolute atomic E-state index is 0.160. The molecule has 4 nitrogen and oxygen atoms in total. The van der Waals surface area contributed by atoms with Crippen molar-refractivity contribution in [2.75, 3.05) is 5.73 Å². The molecular weight excluding hydrogens is 226 g/mol. The van der Waals surface area contributed by atoms with Crippen LogP contribution in [0.1, 0.15) is 5.56 Å². The molecule has 3 N–H and O–H groups in total. The number of aliphatic hydroxyl groups excluding tert-OH is 1. The van der Waals surface area contributed by atoms with E-state index in [1.807, 2.05) is 12.1 Å². The van der Waals surface area contributed by atoms with Crippen molar-refractivity contribution >= 4 is 17.4 Å². The van der Waals surface area contributed by atoms with E-state index >= 15 is 0 Å². The topological polar surface area (TPSA) is 72.0 Å². The maximum atomic E-state index is 8.94. The molecule has 0 aliphatic carbocycles. The Kier molecular flexibility index (Phi) is 3.03. The number of hydrogen-bond acceptors (Lipinski definition) is 4. The van der Waals surface area contributed by atoms with Crippen molar-refractivity contribution in [3.63, 3.8) is 0 Å². The number of hydrogen-bond donors (Lipinski definition) is 2. The van der Waals surface area contributed by atoms with Crippen molar-refractivity contribution in [3.05, 3.63) is 41.0 Å². The standard InChI is InChI=1S/C11H10ClN3O/c12-9-3-1-7(2-4-9)11-14-5-8(6-16)10(13)15-11/h1-5,16H,6H2,(H2,13,14,15). The fourth-order valence-corrected chi connectivity index (χ4v) is 1.41. The van der Waals surface area contributed by atoms with Crippen molar-refractivity contribution < 1.29 is 5.11 Å². The van der Waals surface area contributed by atoms with Gasteiger partial charge in [-0.05, 0) is 24.3 Å². The molecule has 0 atom stereocenters. The number of anilines is 1. The monoisotopic (exact) mass is 235 g/mol. The predicted molar refractivity (Wildman–Crippen MR) is 62.8 cm³/mol. The molecule has 0 fully saturated rings. The van der Waals surface area contributed by atoms with Crippen LogP contribution < -0.4 is 5.73 Å². The number of rotatable bonds is 2. The van der Waals surface area contributed by atoms with Crippen LogP contribution in [0.25, 0.3) is 11.4 Å². The summed E-state index contributed by atoms with van der Waals surface area (Å²) >= 11 is 5.78. The maximum absolute atomic E-state index is 8.94. The fourth-order valence-electron chi connectivity index (χ4n) is 1.28. The van der Waals surface area contributed by atoms with Gasteiger partial charge in [-0.1, -0.05) is 11.6 Å². The van der Waals surface area contributed by atoms with E-state index in [1.54, 1.807) is 12.1 Å². The zero-order valence-electron chi connectivity index (χ0n) is 8.39. The van der Waals surface area contributed by atoms with Gasteiger partial charge in [0, 0.05) is 22.3 Å². The molecule has 0 saturated heterocycles. The zero-order valence-corrected chi connectivity index (χ0v) is 9.15. The predicted octanol–water partition coefficient (Wildman–Crippen LogP) is 1.87. The van der Waals surface area contributed by atoms with E-state index in [1.165, 1.54) is 6.20 Å². The fraction of sp³-hybridized carbons (Fsp3) is 0.0909. The van der Waals surface area contributed by atoms with Crippen molar-refractivity contribution in [1.82, 2.24) is 9.97 Å². The maximum Gasteiger partial charge on any atom is 0.161 e. The summed E-state index contributed by atoms with van der Waals surface area (Å²) in [6, 6.07) is 7.15. The van der Waals surface area contributed by atoms with Crippen molar-refractivity contribution in [2.24, 2.45) is 0 Å². The number of nitrogens with zero attached hydrogens (tertiary/aromatic N) is 2. The Hall–Kier alpha value is -1.65. The van der Waals surface area contributed by atoms with Gasteiger partial charge in [-0.15, -0.1) is 0 Å². The highest BCUT2D eigenvalue weighted by atomic mass is 35.5. The third kappa shape index (κ3) is 2.13. The molecular formula is C11H10ClN3O. The van der Waals surface area contributed by atoms with Gasteiger partial charge in [0.1, 0.15) is 5.82 Å². The quantitative estimate of drug-likeness (QED) is 0.834. The van der Waals surface area contributed by atoms with Crippen LogP contribution in [0.4, 0.5) is 5.82 Å². The Morgan fingerprint density at radius 2 is 1.94 bits per heavy atom. The molecule has 0 amide bonds. The minimum Gasteiger partial charge on any atom is -0.391 e. The number of benzene rings is 1. The first-order chi connectivity index (χ1) is 7.70. The zero-order chi connectivity index (χ0) is 11.5. The first-order valence-electron chi connectivity index (χ1n) is 4.69. The number of halogens is 1. The number of aromatic nitrogens is 2. The highest BCUT2D eigenvalue weighted by Gasteiger charge is 2.05. The average molecular weight is 236 g/mol. The van der Waals surface area contributed by atoms with Crippen LogP contribution >= 0.6 is 11.6 Å². The first kappa shape index (κ1) is 10.9. The SMILES string of the molecule is Nc1nc(-c2ccc(Cl)cc2)ncc1CO. The summed E-state index contributed by atoms with van der Waals surface area (Å²) in [7, 11) is 0. The molecule has 0 radical (unpaired) electrons. The summed E-state index contributed by atoms with van der Waals surface area (Å²) in [6.07, 6.45) is 1.52. The Morgan fingerprint density at radius 3 is 2.50 bits per heavy atom. The minimum atomic E-state index is -0.160. The lowest BCUT2D eigenvalue weighted by Gasteiger charge is -2.04. The van der Waals surface area contributed by atoms with Crippen molar-refractivity contribution in [2.45, 2.75) is 6.61 Å². The van der Waals surface area contributed by atoms with Crippen LogP contribution in [0.3, 0.4) is 0 Å². The van der Waals surface area contributed by atoms with Gasteiger partial charge >= 0.3 is 0 Å². The lowest BCUT2D eigenvalue weighted by molar-refractivity contribution is 0.281. The van der Waals surface area contributed by atoms with E-state index in [4.69, 9.17) is 22.4 Å². The molecule has 16 heavy (non-hydrogen) atoms. The van der Waals surface area contributed by atoms with Crippen LogP contribution in [0.15, 0.2) is 30.5 Å². The van der Waals surface area contributed by atoms with Crippen LogP contribution in [0, 0.1) is 0 Å². The van der Waals surface area contributed by atoms with E-state index in [9.17, 15) is 0 Å². The molecule has 1 heterocycles. The Labute approximate surface area is 97.7 Å². The first-order valence-corrected chi connectivity index (χ1v) is 5.06. The molecule has 0 aliphatic heterocycles. The van der Waals surface area contributed by atoms with Gasteiger partial charge in [-0.3, -0.25) is 0 Å². The van der Waals surface area contributed by atoms with Gasteiger partial charge in [-0.25, -0.2) is 9.97 Å². The summed E-state index contributed by atoms with van der Waals surface area (Å²) < 4.78 is 0. The van der Waals surface area contributed by atoms with Gasteiger partial charge in [0.05, 0.1) is 6.61 Å². The molecule has 1 aromatic carbocycles. The summed E-state index contributed by atoms with van der Waals surface area (Å²) in [4.78, 5) is 8.22. The summed E-state index contributed by atoms with van der Waals surface area (Å²) in [5.41, 5.74) is 7.02. The second-order valence-corrected chi connectivity index (χ2v) is 3.71. The Morgan fingerprint density at radius 1 is 1.25 bits per heavy atom. The molecule has 5 heteroatoms. The molecule has 0 bridgehead atoms. The van der Waals surface area contributed by atoms with Crippen molar-refractivity contribution in [3.8, 4) is 11.4 Å². The molecule has 0 aliphatic rings. The Bertz CT molecular complexity index is 499. The average Bonchev–Trinajstić information content (AvgIpc) is 2.30. The summed E-state index contributed by atoms with van der Waals surface area (Å²) in [6.45, 7) is -0.160.